The molecule has 2 amide bonds. The lowest BCUT2D eigenvalue weighted by atomic mass is 9.86. The van der Waals surface area contributed by atoms with Crippen molar-refractivity contribution < 1.29 is 22.8 Å². The maximum atomic E-state index is 14.0. The number of hydrogen-bond acceptors (Lipinski definition) is 3. The van der Waals surface area contributed by atoms with Crippen LogP contribution in [-0.4, -0.2) is 17.9 Å². The van der Waals surface area contributed by atoms with Gasteiger partial charge in [-0.2, -0.15) is 13.2 Å². The third kappa shape index (κ3) is 4.56. The fourth-order valence-corrected chi connectivity index (χ4v) is 4.13. The van der Waals surface area contributed by atoms with E-state index in [0.29, 0.717) is 5.56 Å². The average Bonchev–Trinajstić information content (AvgIpc) is 3.06. The number of primary amides is 1. The van der Waals surface area contributed by atoms with Gasteiger partial charge in [0.1, 0.15) is 0 Å². The molecule has 0 saturated heterocycles. The lowest BCUT2D eigenvalue weighted by Crippen LogP contribution is -2.42. The van der Waals surface area contributed by atoms with Crippen LogP contribution < -0.4 is 11.1 Å². The van der Waals surface area contributed by atoms with E-state index in [4.69, 9.17) is 33.8 Å². The Morgan fingerprint density at radius 3 is 2.45 bits per heavy atom. The second kappa shape index (κ2) is 8.19. The Bertz CT molecular complexity index is 981. The number of alkyl halides is 3. The first-order valence-electron chi connectivity index (χ1n) is 8.12. The summed E-state index contributed by atoms with van der Waals surface area (Å²) in [5.74, 6) is 0. The van der Waals surface area contributed by atoms with Crippen molar-refractivity contribution in [1.29, 1.82) is 0 Å². The van der Waals surface area contributed by atoms with Crippen molar-refractivity contribution in [2.45, 2.75) is 24.7 Å². The number of hydrogen-bond donors (Lipinski definition) is 2. The van der Waals surface area contributed by atoms with Crippen LogP contribution in [0.25, 0.3) is 0 Å². The Kier molecular flexibility index (Phi) is 6.21. The van der Waals surface area contributed by atoms with Gasteiger partial charge in [-0.1, -0.05) is 40.5 Å². The van der Waals surface area contributed by atoms with Crippen LogP contribution in [0.3, 0.4) is 0 Å². The van der Waals surface area contributed by atoms with E-state index in [1.807, 2.05) is 22.6 Å². The maximum Gasteiger partial charge on any atom is 0.435 e. The van der Waals surface area contributed by atoms with Gasteiger partial charge in [-0.25, -0.2) is 4.79 Å². The fraction of sp³-hybridized carbons (Fsp3) is 0.222. The van der Waals surface area contributed by atoms with Crippen molar-refractivity contribution in [2.75, 3.05) is 0 Å². The molecule has 1 unspecified atom stereocenters. The minimum atomic E-state index is -4.76. The number of oxime groups is 1. The van der Waals surface area contributed by atoms with Crippen LogP contribution in [0, 0.1) is 3.57 Å². The van der Waals surface area contributed by atoms with E-state index in [9.17, 15) is 18.0 Å². The molecule has 154 valence electrons. The second-order valence-corrected chi connectivity index (χ2v) is 8.35. The third-order valence-electron chi connectivity index (χ3n) is 4.35. The van der Waals surface area contributed by atoms with Gasteiger partial charge in [-0.15, -0.1) is 0 Å². The maximum absolute atomic E-state index is 14.0. The summed E-state index contributed by atoms with van der Waals surface area (Å²) in [4.78, 5) is 15.8. The summed E-state index contributed by atoms with van der Waals surface area (Å²) in [5, 5.41) is 6.31. The summed E-state index contributed by atoms with van der Waals surface area (Å²) < 4.78 is 42.8. The van der Waals surface area contributed by atoms with Crippen LogP contribution in [0.15, 0.2) is 41.6 Å². The molecule has 0 fully saturated rings. The van der Waals surface area contributed by atoms with Gasteiger partial charge in [0.25, 0.3) is 5.60 Å². The normalized spacial score (nSPS) is 18.9. The molecule has 1 heterocycles. The first kappa shape index (κ1) is 22.0. The van der Waals surface area contributed by atoms with Crippen LogP contribution in [0.2, 0.25) is 10.0 Å². The van der Waals surface area contributed by atoms with Crippen molar-refractivity contribution in [3.05, 3.63) is 66.7 Å². The predicted molar refractivity (Wildman–Crippen MR) is 112 cm³/mol. The Hall–Kier alpha value is -1.72. The van der Waals surface area contributed by atoms with Gasteiger partial charge in [0.15, 0.2) is 0 Å². The van der Waals surface area contributed by atoms with Crippen LogP contribution in [0.4, 0.5) is 18.0 Å². The molecule has 0 aromatic heterocycles. The zero-order chi connectivity index (χ0) is 21.4. The highest BCUT2D eigenvalue weighted by Gasteiger charge is 2.62. The summed E-state index contributed by atoms with van der Waals surface area (Å²) in [6.45, 7) is 0.199. The van der Waals surface area contributed by atoms with Gasteiger partial charge in [-0.05, 0) is 52.4 Å². The zero-order valence-corrected chi connectivity index (χ0v) is 18.2. The third-order valence-corrected chi connectivity index (χ3v) is 5.79. The number of carbonyl (C=O) groups excluding carboxylic acids is 1. The number of urea groups is 1. The molecule has 3 rings (SSSR count). The minimum absolute atomic E-state index is 0.0639. The molecule has 5 nitrogen and oxygen atoms in total. The van der Waals surface area contributed by atoms with Gasteiger partial charge in [0.2, 0.25) is 0 Å². The second-order valence-electron chi connectivity index (χ2n) is 6.31. The lowest BCUT2D eigenvalue weighted by Gasteiger charge is -2.29. The molecule has 2 aromatic carbocycles. The van der Waals surface area contributed by atoms with Gasteiger partial charge in [0, 0.05) is 37.7 Å². The number of amides is 2. The molecule has 1 aliphatic rings. The number of rotatable bonds is 4. The Morgan fingerprint density at radius 1 is 1.24 bits per heavy atom. The Balaban J connectivity index is 1.93. The standard InChI is InChI=1S/C18H13Cl2F3IN3O2/c19-12-4-11(5-13(20)6-12)17(18(21,22)23)7-15(27-29-17)9-1-2-10(14(24)3-9)8-26-16(25)28/h1-6H,7-8H2,(H3,25,26,28). The van der Waals surface area contributed by atoms with E-state index in [2.05, 4.69) is 10.5 Å². The molecule has 1 aliphatic heterocycles. The predicted octanol–water partition coefficient (Wildman–Crippen LogP) is 5.35. The van der Waals surface area contributed by atoms with Crippen molar-refractivity contribution in [1.82, 2.24) is 5.32 Å². The van der Waals surface area contributed by atoms with Gasteiger partial charge < -0.3 is 15.9 Å². The minimum Gasteiger partial charge on any atom is -0.374 e. The van der Waals surface area contributed by atoms with Gasteiger partial charge >= 0.3 is 12.2 Å². The van der Waals surface area contributed by atoms with E-state index < -0.39 is 24.2 Å². The molecule has 1 atom stereocenters. The van der Waals surface area contributed by atoms with E-state index in [1.54, 1.807) is 18.2 Å². The van der Waals surface area contributed by atoms with Crippen LogP contribution in [-0.2, 0) is 17.0 Å². The molecule has 29 heavy (non-hydrogen) atoms. The molecule has 0 radical (unpaired) electrons. The fourth-order valence-electron chi connectivity index (χ4n) is 2.90. The highest BCUT2D eigenvalue weighted by molar-refractivity contribution is 14.1. The highest BCUT2D eigenvalue weighted by atomic mass is 127. The summed E-state index contributed by atoms with van der Waals surface area (Å²) in [7, 11) is 0. The average molecular weight is 558 g/mol. The summed E-state index contributed by atoms with van der Waals surface area (Å²) in [5.41, 5.74) is 3.50. The largest absolute Gasteiger partial charge is 0.435 e. The lowest BCUT2D eigenvalue weighted by molar-refractivity contribution is -0.275. The van der Waals surface area contributed by atoms with Crippen molar-refractivity contribution in [2.24, 2.45) is 10.9 Å². The first-order valence-corrected chi connectivity index (χ1v) is 9.96. The van der Waals surface area contributed by atoms with Crippen molar-refractivity contribution >= 4 is 57.5 Å². The molecule has 2 aromatic rings. The van der Waals surface area contributed by atoms with Crippen LogP contribution >= 0.6 is 45.8 Å². The topological polar surface area (TPSA) is 76.7 Å². The van der Waals surface area contributed by atoms with Crippen LogP contribution in [0.1, 0.15) is 23.1 Å². The molecule has 0 bridgehead atoms. The van der Waals surface area contributed by atoms with E-state index in [1.165, 1.54) is 18.2 Å². The SMILES string of the molecule is NC(=O)NCc1ccc(C2=NOC(c3cc(Cl)cc(Cl)c3)(C(F)(F)F)C2)cc1I. The smallest absolute Gasteiger partial charge is 0.374 e. The molecule has 0 spiro atoms. The van der Waals surface area contributed by atoms with Gasteiger partial charge in [0.05, 0.1) is 5.71 Å². The summed E-state index contributed by atoms with van der Waals surface area (Å²) in [6, 6.07) is 7.96. The first-order chi connectivity index (χ1) is 13.5. The van der Waals surface area contributed by atoms with Crippen molar-refractivity contribution in [3.8, 4) is 0 Å². The molecule has 3 N–H and O–H groups in total. The molecule has 11 heteroatoms. The number of nitrogens with two attached hydrogens (primary N) is 1. The molecule has 0 saturated carbocycles. The molecule has 0 aliphatic carbocycles. The zero-order valence-electron chi connectivity index (χ0n) is 14.5. The number of benzene rings is 2. The summed E-state index contributed by atoms with van der Waals surface area (Å²) in [6.07, 6.45) is -5.30. The summed E-state index contributed by atoms with van der Waals surface area (Å²) >= 11 is 13.8. The number of carbonyl (C=O) groups is 1. The number of halogens is 6. The monoisotopic (exact) mass is 557 g/mol. The Morgan fingerprint density at radius 2 is 1.90 bits per heavy atom. The van der Waals surface area contributed by atoms with Crippen LogP contribution in [0.5, 0.6) is 0 Å². The number of nitrogens with zero attached hydrogens (tertiary/aromatic N) is 1. The van der Waals surface area contributed by atoms with E-state index >= 15 is 0 Å². The quantitative estimate of drug-likeness (QED) is 0.497. The van der Waals surface area contributed by atoms with Gasteiger partial charge in [-0.3, -0.25) is 0 Å². The number of nitrogens with one attached hydrogen (secondary N) is 1. The van der Waals surface area contributed by atoms with E-state index in [0.717, 1.165) is 9.13 Å². The molecular weight excluding hydrogens is 545 g/mol. The van der Waals surface area contributed by atoms with E-state index in [-0.39, 0.29) is 27.9 Å². The Labute approximate surface area is 187 Å². The van der Waals surface area contributed by atoms with Crippen molar-refractivity contribution in [3.63, 3.8) is 0 Å². The molecular formula is C18H13Cl2F3IN3O2. The highest BCUT2D eigenvalue weighted by Crippen LogP contribution is 2.49.